The molecule has 102 valence electrons. The number of aromatic nitrogens is 1. The third kappa shape index (κ3) is 3.86. The van der Waals surface area contributed by atoms with Crippen LogP contribution in [0.1, 0.15) is 19.5 Å². The Kier molecular flexibility index (Phi) is 4.34. The summed E-state index contributed by atoms with van der Waals surface area (Å²) < 4.78 is 0. The van der Waals surface area contributed by atoms with Gasteiger partial charge in [-0.1, -0.05) is 0 Å². The van der Waals surface area contributed by atoms with Crippen LogP contribution in [0.5, 0.6) is 0 Å². The Labute approximate surface area is 120 Å². The number of carbonyl (C=O) groups excluding carboxylic acids is 1. The first kappa shape index (κ1) is 14.2. The first-order valence-electron chi connectivity index (χ1n) is 5.89. The highest BCUT2D eigenvalue weighted by atomic mass is 32.1. The van der Waals surface area contributed by atoms with Gasteiger partial charge in [-0.3, -0.25) is 4.79 Å². The number of thiophene rings is 1. The summed E-state index contributed by atoms with van der Waals surface area (Å²) in [5, 5.41) is 18.8. The Morgan fingerprint density at radius 1 is 1.47 bits per heavy atom. The first-order valence-corrected chi connectivity index (χ1v) is 7.71. The average molecular weight is 296 g/mol. The standard InChI is InChI=1S/C13H16N2O2S2/c1-13(2,8-16)15-11(17)5-10-7-19-12(14-10)9-3-4-18-6-9/h3-4,6-7,16H,5,8H2,1-2H3,(H,15,17). The smallest absolute Gasteiger partial charge is 0.226 e. The largest absolute Gasteiger partial charge is 0.394 e. The van der Waals surface area contributed by atoms with E-state index in [9.17, 15) is 4.79 Å². The molecule has 0 bridgehead atoms. The van der Waals surface area contributed by atoms with Gasteiger partial charge < -0.3 is 10.4 Å². The summed E-state index contributed by atoms with van der Waals surface area (Å²) in [6, 6.07) is 2.02. The Bertz CT molecular complexity index is 547. The van der Waals surface area contributed by atoms with E-state index in [1.807, 2.05) is 22.2 Å². The minimum Gasteiger partial charge on any atom is -0.394 e. The van der Waals surface area contributed by atoms with Gasteiger partial charge in [0.15, 0.2) is 0 Å². The van der Waals surface area contributed by atoms with Gasteiger partial charge in [0.1, 0.15) is 5.01 Å². The highest BCUT2D eigenvalue weighted by Crippen LogP contribution is 2.25. The van der Waals surface area contributed by atoms with E-state index in [-0.39, 0.29) is 18.9 Å². The van der Waals surface area contributed by atoms with E-state index >= 15 is 0 Å². The van der Waals surface area contributed by atoms with E-state index in [4.69, 9.17) is 5.11 Å². The number of amides is 1. The molecule has 19 heavy (non-hydrogen) atoms. The van der Waals surface area contributed by atoms with Crippen molar-refractivity contribution in [3.05, 3.63) is 27.9 Å². The molecule has 0 fully saturated rings. The molecule has 0 radical (unpaired) electrons. The van der Waals surface area contributed by atoms with Gasteiger partial charge >= 0.3 is 0 Å². The second-order valence-electron chi connectivity index (χ2n) is 4.92. The number of nitrogens with zero attached hydrogens (tertiary/aromatic N) is 1. The van der Waals surface area contributed by atoms with Gasteiger partial charge in [0.25, 0.3) is 0 Å². The van der Waals surface area contributed by atoms with Gasteiger partial charge in [-0.15, -0.1) is 11.3 Å². The van der Waals surface area contributed by atoms with Crippen LogP contribution in [0.3, 0.4) is 0 Å². The summed E-state index contributed by atoms with van der Waals surface area (Å²) in [7, 11) is 0. The molecule has 6 heteroatoms. The van der Waals surface area contributed by atoms with Crippen molar-refractivity contribution in [2.75, 3.05) is 6.61 Å². The summed E-state index contributed by atoms with van der Waals surface area (Å²) in [6.45, 7) is 3.47. The molecule has 0 spiro atoms. The maximum absolute atomic E-state index is 11.8. The molecule has 0 atom stereocenters. The Morgan fingerprint density at radius 3 is 2.89 bits per heavy atom. The summed E-state index contributed by atoms with van der Waals surface area (Å²) >= 11 is 3.17. The Hall–Kier alpha value is -1.24. The molecule has 2 rings (SSSR count). The van der Waals surface area contributed by atoms with E-state index in [0.29, 0.717) is 0 Å². The zero-order valence-electron chi connectivity index (χ0n) is 10.8. The number of hydrogen-bond acceptors (Lipinski definition) is 5. The second-order valence-corrected chi connectivity index (χ2v) is 6.56. The van der Waals surface area contributed by atoms with E-state index in [1.54, 1.807) is 25.2 Å². The number of thiazole rings is 1. The number of rotatable bonds is 5. The molecular formula is C13H16N2O2S2. The molecule has 0 saturated heterocycles. The summed E-state index contributed by atoms with van der Waals surface area (Å²) in [5.74, 6) is -0.124. The van der Waals surface area contributed by atoms with Gasteiger partial charge in [-0.25, -0.2) is 4.98 Å². The molecule has 2 heterocycles. The van der Waals surface area contributed by atoms with Gasteiger partial charge in [0, 0.05) is 16.3 Å². The fourth-order valence-electron chi connectivity index (χ4n) is 1.53. The fraction of sp³-hybridized carbons (Fsp3) is 0.385. The monoisotopic (exact) mass is 296 g/mol. The van der Waals surface area contributed by atoms with Crippen molar-refractivity contribution in [2.24, 2.45) is 0 Å². The third-order valence-corrected chi connectivity index (χ3v) is 4.16. The van der Waals surface area contributed by atoms with Crippen LogP contribution in [0.2, 0.25) is 0 Å². The SMILES string of the molecule is CC(C)(CO)NC(=O)Cc1csc(-c2ccsc2)n1. The molecule has 0 unspecified atom stereocenters. The Morgan fingerprint density at radius 2 is 2.26 bits per heavy atom. The van der Waals surface area contributed by atoms with Crippen LogP contribution >= 0.6 is 22.7 Å². The number of carbonyl (C=O) groups is 1. The predicted octanol–water partition coefficient (Wildman–Crippen LogP) is 2.30. The van der Waals surface area contributed by atoms with E-state index in [1.165, 1.54) is 11.3 Å². The highest BCUT2D eigenvalue weighted by Gasteiger charge is 2.19. The fourth-order valence-corrected chi connectivity index (χ4v) is 3.06. The molecular weight excluding hydrogens is 280 g/mol. The van der Waals surface area contributed by atoms with Crippen LogP contribution in [0.15, 0.2) is 22.2 Å². The lowest BCUT2D eigenvalue weighted by Gasteiger charge is -2.23. The molecule has 0 aliphatic heterocycles. The van der Waals surface area contributed by atoms with Gasteiger partial charge in [-0.05, 0) is 25.3 Å². The highest BCUT2D eigenvalue weighted by molar-refractivity contribution is 7.14. The number of aliphatic hydroxyl groups excluding tert-OH is 1. The van der Waals surface area contributed by atoms with Crippen LogP contribution < -0.4 is 5.32 Å². The topological polar surface area (TPSA) is 62.2 Å². The molecule has 0 aromatic carbocycles. The first-order chi connectivity index (χ1) is 9.00. The van der Waals surface area contributed by atoms with Crippen molar-refractivity contribution in [1.29, 1.82) is 0 Å². The number of hydrogen-bond donors (Lipinski definition) is 2. The molecule has 2 N–H and O–H groups in total. The van der Waals surface area contributed by atoms with E-state index in [2.05, 4.69) is 10.3 Å². The van der Waals surface area contributed by atoms with E-state index in [0.717, 1.165) is 16.3 Å². The molecule has 4 nitrogen and oxygen atoms in total. The lowest BCUT2D eigenvalue weighted by atomic mass is 10.1. The van der Waals surface area contributed by atoms with Crippen LogP contribution in [-0.2, 0) is 11.2 Å². The molecule has 0 aliphatic rings. The number of nitrogens with one attached hydrogen (secondary N) is 1. The van der Waals surface area contributed by atoms with Crippen LogP contribution in [0.25, 0.3) is 10.6 Å². The van der Waals surface area contributed by atoms with Crippen molar-refractivity contribution in [2.45, 2.75) is 25.8 Å². The summed E-state index contributed by atoms with van der Waals surface area (Å²) in [4.78, 5) is 16.3. The van der Waals surface area contributed by atoms with Crippen LogP contribution in [-0.4, -0.2) is 28.1 Å². The van der Waals surface area contributed by atoms with Gasteiger partial charge in [0.2, 0.25) is 5.91 Å². The van der Waals surface area contributed by atoms with Crippen molar-refractivity contribution in [3.63, 3.8) is 0 Å². The normalized spacial score (nSPS) is 11.5. The zero-order chi connectivity index (χ0) is 13.9. The molecule has 1 amide bonds. The lowest BCUT2D eigenvalue weighted by molar-refractivity contribution is -0.122. The van der Waals surface area contributed by atoms with Gasteiger partial charge in [0.05, 0.1) is 24.3 Å². The molecule has 2 aromatic rings. The maximum Gasteiger partial charge on any atom is 0.226 e. The molecule has 0 aliphatic carbocycles. The number of aliphatic hydroxyl groups is 1. The van der Waals surface area contributed by atoms with Crippen LogP contribution in [0, 0.1) is 0 Å². The van der Waals surface area contributed by atoms with Crippen molar-refractivity contribution >= 4 is 28.6 Å². The quantitative estimate of drug-likeness (QED) is 0.890. The minimum absolute atomic E-state index is 0.0873. The summed E-state index contributed by atoms with van der Waals surface area (Å²) in [5.41, 5.74) is 1.26. The predicted molar refractivity (Wildman–Crippen MR) is 78.4 cm³/mol. The Balaban J connectivity index is 1.99. The van der Waals surface area contributed by atoms with Gasteiger partial charge in [-0.2, -0.15) is 11.3 Å². The summed E-state index contributed by atoms with van der Waals surface area (Å²) in [6.07, 6.45) is 0.240. The van der Waals surface area contributed by atoms with Crippen molar-refractivity contribution < 1.29 is 9.90 Å². The zero-order valence-corrected chi connectivity index (χ0v) is 12.5. The second kappa shape index (κ2) is 5.81. The molecule has 0 saturated carbocycles. The maximum atomic E-state index is 11.8. The van der Waals surface area contributed by atoms with E-state index < -0.39 is 5.54 Å². The average Bonchev–Trinajstić information content (AvgIpc) is 2.97. The van der Waals surface area contributed by atoms with Crippen LogP contribution in [0.4, 0.5) is 0 Å². The lowest BCUT2D eigenvalue weighted by Crippen LogP contribution is -2.46. The van der Waals surface area contributed by atoms with Crippen molar-refractivity contribution in [3.8, 4) is 10.6 Å². The minimum atomic E-state index is -0.594. The third-order valence-electron chi connectivity index (χ3n) is 2.53. The molecule has 2 aromatic heterocycles. The van der Waals surface area contributed by atoms with Crippen molar-refractivity contribution in [1.82, 2.24) is 10.3 Å².